The molecule has 23 heavy (non-hydrogen) atoms. The van der Waals surface area contributed by atoms with Gasteiger partial charge in [0.15, 0.2) is 5.11 Å². The molecule has 0 aliphatic rings. The van der Waals surface area contributed by atoms with Gasteiger partial charge in [-0.2, -0.15) is 0 Å². The molecule has 0 aliphatic carbocycles. The summed E-state index contributed by atoms with van der Waals surface area (Å²) in [5.74, 6) is -1.43. The maximum Gasteiger partial charge on any atom is 0.335 e. The predicted octanol–water partition coefficient (Wildman–Crippen LogP) is 3.47. The van der Waals surface area contributed by atoms with Gasteiger partial charge in [-0.3, -0.25) is 10.1 Å². The van der Waals surface area contributed by atoms with E-state index in [4.69, 9.17) is 28.9 Å². The monoisotopic (exact) mass is 348 g/mol. The Morgan fingerprint density at radius 3 is 2.48 bits per heavy atom. The highest BCUT2D eigenvalue weighted by Gasteiger charge is 2.12. The molecule has 0 heterocycles. The molecule has 0 atom stereocenters. The number of carboxylic acids is 1. The summed E-state index contributed by atoms with van der Waals surface area (Å²) in [6, 6.07) is 11.2. The minimum absolute atomic E-state index is 0.0982. The summed E-state index contributed by atoms with van der Waals surface area (Å²) in [5, 5.41) is 14.8. The van der Waals surface area contributed by atoms with E-state index in [2.05, 4.69) is 10.6 Å². The fraction of sp³-hybridized carbons (Fsp3) is 0.0625. The van der Waals surface area contributed by atoms with Gasteiger partial charge >= 0.3 is 5.97 Å². The van der Waals surface area contributed by atoms with Crippen LogP contribution in [0.4, 0.5) is 5.69 Å². The van der Waals surface area contributed by atoms with Gasteiger partial charge in [0.05, 0.1) is 16.1 Å². The van der Waals surface area contributed by atoms with Crippen LogP contribution in [0.1, 0.15) is 26.3 Å². The number of thiocarbonyl (C=S) groups is 1. The molecule has 0 bridgehead atoms. The van der Waals surface area contributed by atoms with E-state index in [1.54, 1.807) is 37.3 Å². The lowest BCUT2D eigenvalue weighted by Gasteiger charge is -2.12. The van der Waals surface area contributed by atoms with Crippen molar-refractivity contribution in [1.29, 1.82) is 0 Å². The van der Waals surface area contributed by atoms with Crippen LogP contribution >= 0.6 is 23.8 Å². The molecule has 0 aromatic heterocycles. The van der Waals surface area contributed by atoms with Crippen LogP contribution in [-0.4, -0.2) is 22.1 Å². The van der Waals surface area contributed by atoms with Crippen molar-refractivity contribution in [3.63, 3.8) is 0 Å². The normalized spacial score (nSPS) is 10.0. The smallest absolute Gasteiger partial charge is 0.335 e. The molecule has 1 amide bonds. The van der Waals surface area contributed by atoms with Gasteiger partial charge in [-0.25, -0.2) is 4.79 Å². The number of carbonyl (C=O) groups excluding carboxylic acids is 1. The maximum atomic E-state index is 12.1. The molecule has 2 aromatic carbocycles. The van der Waals surface area contributed by atoms with Crippen LogP contribution in [0.3, 0.4) is 0 Å². The highest BCUT2D eigenvalue weighted by Crippen LogP contribution is 2.17. The molecule has 7 heteroatoms. The second kappa shape index (κ2) is 7.21. The first-order valence-corrected chi connectivity index (χ1v) is 7.38. The Hall–Kier alpha value is -2.44. The Kier molecular flexibility index (Phi) is 5.31. The number of hydrogen-bond donors (Lipinski definition) is 3. The summed E-state index contributed by atoms with van der Waals surface area (Å²) in [6.07, 6.45) is 0. The molecule has 5 nitrogen and oxygen atoms in total. The summed E-state index contributed by atoms with van der Waals surface area (Å²) in [4.78, 5) is 23.0. The van der Waals surface area contributed by atoms with Gasteiger partial charge < -0.3 is 10.4 Å². The molecule has 0 saturated heterocycles. The standard InChI is InChI=1S/C16H13ClN2O3S/c1-9-8-10(15(21)22)6-7-13(9)18-16(23)19-14(20)11-4-2-3-5-12(11)17/h2-8H,1H3,(H,21,22)(H2,18,19,20,23). The molecule has 2 rings (SSSR count). The molecule has 2 aromatic rings. The number of carbonyl (C=O) groups is 2. The third kappa shape index (κ3) is 4.28. The number of aromatic carboxylic acids is 1. The van der Waals surface area contributed by atoms with Crippen molar-refractivity contribution in [2.24, 2.45) is 0 Å². The summed E-state index contributed by atoms with van der Waals surface area (Å²) >= 11 is 11.1. The Labute approximate surface area is 143 Å². The van der Waals surface area contributed by atoms with E-state index in [1.807, 2.05) is 0 Å². The summed E-state index contributed by atoms with van der Waals surface area (Å²) in [6.45, 7) is 1.74. The number of hydrogen-bond acceptors (Lipinski definition) is 3. The molecule has 0 spiro atoms. The number of aryl methyl sites for hydroxylation is 1. The van der Waals surface area contributed by atoms with Crippen molar-refractivity contribution in [1.82, 2.24) is 5.32 Å². The predicted molar refractivity (Wildman–Crippen MR) is 93.3 cm³/mol. The maximum absolute atomic E-state index is 12.1. The zero-order valence-electron chi connectivity index (χ0n) is 12.1. The van der Waals surface area contributed by atoms with E-state index >= 15 is 0 Å². The molecule has 3 N–H and O–H groups in total. The van der Waals surface area contributed by atoms with Gasteiger partial charge in [-0.05, 0) is 55.0 Å². The van der Waals surface area contributed by atoms with Crippen LogP contribution in [0.15, 0.2) is 42.5 Å². The number of benzene rings is 2. The molecular formula is C16H13ClN2O3S. The van der Waals surface area contributed by atoms with E-state index in [0.29, 0.717) is 21.8 Å². The van der Waals surface area contributed by atoms with Crippen LogP contribution in [0.2, 0.25) is 5.02 Å². The van der Waals surface area contributed by atoms with Crippen LogP contribution in [-0.2, 0) is 0 Å². The minimum atomic E-state index is -1.01. The van der Waals surface area contributed by atoms with E-state index in [9.17, 15) is 9.59 Å². The number of anilines is 1. The van der Waals surface area contributed by atoms with Crippen molar-refractivity contribution in [2.45, 2.75) is 6.92 Å². The van der Waals surface area contributed by atoms with E-state index in [1.165, 1.54) is 12.1 Å². The number of rotatable bonds is 3. The average Bonchev–Trinajstić information content (AvgIpc) is 2.49. The molecule has 0 aliphatic heterocycles. The van der Waals surface area contributed by atoms with Gasteiger partial charge in [0, 0.05) is 5.69 Å². The first-order chi connectivity index (χ1) is 10.9. The van der Waals surface area contributed by atoms with Gasteiger partial charge in [-0.15, -0.1) is 0 Å². The van der Waals surface area contributed by atoms with Crippen LogP contribution in [0.5, 0.6) is 0 Å². The van der Waals surface area contributed by atoms with Crippen LogP contribution in [0.25, 0.3) is 0 Å². The van der Waals surface area contributed by atoms with Gasteiger partial charge in [0.1, 0.15) is 0 Å². The molecule has 118 valence electrons. The third-order valence-electron chi connectivity index (χ3n) is 3.07. The minimum Gasteiger partial charge on any atom is -0.478 e. The lowest BCUT2D eigenvalue weighted by molar-refractivity contribution is 0.0696. The van der Waals surface area contributed by atoms with E-state index in [-0.39, 0.29) is 10.7 Å². The van der Waals surface area contributed by atoms with Gasteiger partial charge in [0.25, 0.3) is 5.91 Å². The summed E-state index contributed by atoms with van der Waals surface area (Å²) in [5.41, 5.74) is 1.80. The van der Waals surface area contributed by atoms with Crippen LogP contribution in [0, 0.1) is 6.92 Å². The molecule has 0 unspecified atom stereocenters. The zero-order chi connectivity index (χ0) is 17.0. The van der Waals surface area contributed by atoms with E-state index in [0.717, 1.165) is 0 Å². The quantitative estimate of drug-likeness (QED) is 0.740. The number of halogens is 1. The average molecular weight is 349 g/mol. The Bertz CT molecular complexity index is 793. The first kappa shape index (κ1) is 16.9. The van der Waals surface area contributed by atoms with Crippen molar-refractivity contribution in [3.8, 4) is 0 Å². The van der Waals surface area contributed by atoms with Crippen molar-refractivity contribution in [2.75, 3.05) is 5.32 Å². The molecular weight excluding hydrogens is 336 g/mol. The molecule has 0 radical (unpaired) electrons. The lowest BCUT2D eigenvalue weighted by Crippen LogP contribution is -2.34. The van der Waals surface area contributed by atoms with Crippen molar-refractivity contribution >= 4 is 46.5 Å². The number of amides is 1. The topological polar surface area (TPSA) is 78.4 Å². The van der Waals surface area contributed by atoms with Gasteiger partial charge in [-0.1, -0.05) is 23.7 Å². The summed E-state index contributed by atoms with van der Waals surface area (Å²) < 4.78 is 0. The zero-order valence-corrected chi connectivity index (χ0v) is 13.7. The second-order valence-corrected chi connectivity index (χ2v) is 5.54. The second-order valence-electron chi connectivity index (χ2n) is 4.72. The Morgan fingerprint density at radius 2 is 1.87 bits per heavy atom. The van der Waals surface area contributed by atoms with Gasteiger partial charge in [0.2, 0.25) is 0 Å². The number of carboxylic acid groups (broad SMARTS) is 1. The number of nitrogens with one attached hydrogen (secondary N) is 2. The fourth-order valence-corrected chi connectivity index (χ4v) is 2.33. The molecule has 0 fully saturated rings. The largest absolute Gasteiger partial charge is 0.478 e. The summed E-state index contributed by atoms with van der Waals surface area (Å²) in [7, 11) is 0. The Balaban J connectivity index is 2.07. The Morgan fingerprint density at radius 1 is 1.17 bits per heavy atom. The SMILES string of the molecule is Cc1cc(C(=O)O)ccc1NC(=S)NC(=O)c1ccccc1Cl. The fourth-order valence-electron chi connectivity index (χ4n) is 1.91. The molecule has 0 saturated carbocycles. The lowest BCUT2D eigenvalue weighted by atomic mass is 10.1. The van der Waals surface area contributed by atoms with Crippen LogP contribution < -0.4 is 10.6 Å². The van der Waals surface area contributed by atoms with Crippen molar-refractivity contribution in [3.05, 3.63) is 64.2 Å². The highest BCUT2D eigenvalue weighted by molar-refractivity contribution is 7.80. The first-order valence-electron chi connectivity index (χ1n) is 6.59. The third-order valence-corrected chi connectivity index (χ3v) is 3.60. The highest BCUT2D eigenvalue weighted by atomic mass is 35.5. The van der Waals surface area contributed by atoms with Crippen molar-refractivity contribution < 1.29 is 14.7 Å². The van der Waals surface area contributed by atoms with E-state index < -0.39 is 11.9 Å².